The molecule has 5 rings (SSSR count). The van der Waals surface area contributed by atoms with Gasteiger partial charge >= 0.3 is 0 Å². The van der Waals surface area contributed by atoms with Gasteiger partial charge in [0.05, 0.1) is 15.1 Å². The van der Waals surface area contributed by atoms with Crippen LogP contribution in [0.15, 0.2) is 82.2 Å². The fourth-order valence-corrected chi connectivity index (χ4v) is 6.00. The molecule has 0 aliphatic heterocycles. The number of nitriles is 1. The summed E-state index contributed by atoms with van der Waals surface area (Å²) in [6, 6.07) is 24.0. The number of rotatable bonds is 5. The fourth-order valence-electron chi connectivity index (χ4n) is 3.57. The zero-order chi connectivity index (χ0) is 22.1. The first-order valence-electron chi connectivity index (χ1n) is 9.78. The van der Waals surface area contributed by atoms with Gasteiger partial charge in [-0.05, 0) is 53.7 Å². The largest absolute Gasteiger partial charge is 0.342 e. The highest BCUT2D eigenvalue weighted by molar-refractivity contribution is 8.05. The Morgan fingerprint density at radius 2 is 1.91 bits per heavy atom. The van der Waals surface area contributed by atoms with Gasteiger partial charge in [-0.25, -0.2) is 4.98 Å². The van der Waals surface area contributed by atoms with Crippen LogP contribution in [0.1, 0.15) is 11.1 Å². The molecule has 0 spiro atoms. The van der Waals surface area contributed by atoms with E-state index in [1.807, 2.05) is 54.6 Å². The number of hydrogen-bond acceptors (Lipinski definition) is 4. The highest BCUT2D eigenvalue weighted by atomic mass is 35.5. The van der Waals surface area contributed by atoms with Gasteiger partial charge in [-0.2, -0.15) is 5.26 Å². The third-order valence-electron chi connectivity index (χ3n) is 5.04. The van der Waals surface area contributed by atoms with Gasteiger partial charge in [0, 0.05) is 39.3 Å². The maximum Gasteiger partial charge on any atom is 0.156 e. The molecule has 0 saturated heterocycles. The fraction of sp³-hybridized carbons (Fsp3) is 0.0400. The van der Waals surface area contributed by atoms with Crippen LogP contribution in [0.4, 0.5) is 0 Å². The first-order valence-corrected chi connectivity index (χ1v) is 12.2. The van der Waals surface area contributed by atoms with E-state index < -0.39 is 0 Å². The summed E-state index contributed by atoms with van der Waals surface area (Å²) in [5, 5.41) is 12.1. The van der Waals surface area contributed by atoms with Gasteiger partial charge in [-0.15, -0.1) is 11.3 Å². The number of allylic oxidation sites excluding steroid dienone is 1. The van der Waals surface area contributed by atoms with Gasteiger partial charge in [-0.3, -0.25) is 0 Å². The van der Waals surface area contributed by atoms with E-state index in [1.54, 1.807) is 17.4 Å². The number of benzene rings is 3. The molecule has 0 amide bonds. The Kier molecular flexibility index (Phi) is 5.95. The molecule has 3 nitrogen and oxygen atoms in total. The van der Waals surface area contributed by atoms with E-state index in [9.17, 15) is 5.26 Å². The predicted molar refractivity (Wildman–Crippen MR) is 137 cm³/mol. The molecule has 0 radical (unpaired) electrons. The van der Waals surface area contributed by atoms with E-state index in [2.05, 4.69) is 33.9 Å². The summed E-state index contributed by atoms with van der Waals surface area (Å²) in [5.74, 6) is 0. The van der Waals surface area contributed by atoms with E-state index >= 15 is 0 Å². The Balaban J connectivity index is 1.51. The van der Waals surface area contributed by atoms with Crippen LogP contribution in [0.2, 0.25) is 10.0 Å². The topological polar surface area (TPSA) is 41.6 Å². The molecule has 0 bridgehead atoms. The van der Waals surface area contributed by atoms with Crippen molar-refractivity contribution in [1.29, 1.82) is 5.26 Å². The van der Waals surface area contributed by atoms with Crippen LogP contribution in [0.25, 0.3) is 27.2 Å². The van der Waals surface area contributed by atoms with E-state index in [-0.39, 0.29) is 0 Å². The van der Waals surface area contributed by atoms with Crippen molar-refractivity contribution in [3.63, 3.8) is 0 Å². The lowest BCUT2D eigenvalue weighted by molar-refractivity contribution is 0.836. The highest BCUT2D eigenvalue weighted by Crippen LogP contribution is 2.35. The quantitative estimate of drug-likeness (QED) is 0.183. The summed E-state index contributed by atoms with van der Waals surface area (Å²) in [6.45, 7) is 0.608. The van der Waals surface area contributed by atoms with Crippen LogP contribution in [0.3, 0.4) is 0 Å². The van der Waals surface area contributed by atoms with E-state index in [1.165, 1.54) is 11.8 Å². The minimum absolute atomic E-state index is 0.594. The molecule has 3 aromatic carbocycles. The monoisotopic (exact) mass is 491 g/mol. The Morgan fingerprint density at radius 1 is 1.09 bits per heavy atom. The number of thioether (sulfide) groups is 1. The van der Waals surface area contributed by atoms with Crippen molar-refractivity contribution in [2.45, 2.75) is 10.9 Å². The molecular weight excluding hydrogens is 477 g/mol. The minimum atomic E-state index is 0.594. The van der Waals surface area contributed by atoms with Crippen LogP contribution < -0.4 is 0 Å². The van der Waals surface area contributed by atoms with Crippen molar-refractivity contribution < 1.29 is 0 Å². The van der Waals surface area contributed by atoms with Crippen molar-refractivity contribution >= 4 is 73.5 Å². The third kappa shape index (κ3) is 4.28. The summed E-state index contributed by atoms with van der Waals surface area (Å²) in [5.41, 5.74) is 3.99. The molecule has 32 heavy (non-hydrogen) atoms. The molecule has 0 saturated carbocycles. The van der Waals surface area contributed by atoms with Crippen LogP contribution >= 0.6 is 46.3 Å². The summed E-state index contributed by atoms with van der Waals surface area (Å²) in [7, 11) is 0. The van der Waals surface area contributed by atoms with Crippen molar-refractivity contribution in [3.8, 4) is 6.07 Å². The van der Waals surface area contributed by atoms with E-state index in [0.717, 1.165) is 36.6 Å². The average Bonchev–Trinajstić information content (AvgIpc) is 3.36. The summed E-state index contributed by atoms with van der Waals surface area (Å²) in [4.78, 5) is 5.24. The number of hydrogen-bond donors (Lipinski definition) is 0. The first kappa shape index (κ1) is 21.1. The molecular formula is C25H15Cl2N3S2. The van der Waals surface area contributed by atoms with Crippen LogP contribution in [0, 0.1) is 11.3 Å². The van der Waals surface area contributed by atoms with Crippen LogP contribution in [-0.2, 0) is 6.54 Å². The number of thiazole rings is 1. The maximum atomic E-state index is 9.80. The second kappa shape index (κ2) is 9.01. The molecule has 0 N–H and O–H groups in total. The van der Waals surface area contributed by atoms with Gasteiger partial charge in [0.15, 0.2) is 4.34 Å². The Labute approximate surface area is 203 Å². The first-order chi connectivity index (χ1) is 15.6. The molecule has 0 unspecified atom stereocenters. The zero-order valence-corrected chi connectivity index (χ0v) is 19.8. The molecule has 156 valence electrons. The number of para-hydroxylation sites is 2. The molecule has 0 aliphatic rings. The van der Waals surface area contributed by atoms with Crippen molar-refractivity contribution in [2.75, 3.05) is 0 Å². The third-order valence-corrected chi connectivity index (χ3v) is 7.66. The SMILES string of the molecule is N#CC(=Cc1cn(Cc2ccc(Cl)cc2Cl)c2ccccc12)Sc1nc2ccccc2s1. The lowest BCUT2D eigenvalue weighted by Crippen LogP contribution is -1.98. The lowest BCUT2D eigenvalue weighted by atomic mass is 10.1. The molecule has 0 atom stereocenters. The van der Waals surface area contributed by atoms with Crippen LogP contribution in [0.5, 0.6) is 0 Å². The number of fused-ring (bicyclic) bond motifs is 2. The zero-order valence-electron chi connectivity index (χ0n) is 16.6. The van der Waals surface area contributed by atoms with Crippen molar-refractivity contribution in [2.24, 2.45) is 0 Å². The van der Waals surface area contributed by atoms with Gasteiger partial charge in [0.2, 0.25) is 0 Å². The number of nitrogens with zero attached hydrogens (tertiary/aromatic N) is 3. The Hall–Kier alpha value is -2.75. The van der Waals surface area contributed by atoms with Gasteiger partial charge in [0.25, 0.3) is 0 Å². The normalized spacial score (nSPS) is 11.8. The lowest BCUT2D eigenvalue weighted by Gasteiger charge is -2.08. The molecule has 0 fully saturated rings. The van der Waals surface area contributed by atoms with Gasteiger partial charge in [0.1, 0.15) is 6.07 Å². The average molecular weight is 492 g/mol. The Bertz CT molecular complexity index is 1490. The van der Waals surface area contributed by atoms with Crippen LogP contribution in [-0.4, -0.2) is 9.55 Å². The summed E-state index contributed by atoms with van der Waals surface area (Å²) >= 11 is 15.4. The van der Waals surface area contributed by atoms with Crippen molar-refractivity contribution in [1.82, 2.24) is 9.55 Å². The maximum absolute atomic E-state index is 9.80. The summed E-state index contributed by atoms with van der Waals surface area (Å²) < 4.78 is 4.12. The highest BCUT2D eigenvalue weighted by Gasteiger charge is 2.12. The molecule has 7 heteroatoms. The molecule has 5 aromatic rings. The second-order valence-corrected chi connectivity index (χ2v) is 10.3. The van der Waals surface area contributed by atoms with Crippen molar-refractivity contribution in [3.05, 3.63) is 99.0 Å². The minimum Gasteiger partial charge on any atom is -0.342 e. The smallest absolute Gasteiger partial charge is 0.156 e. The van der Waals surface area contributed by atoms with E-state index in [0.29, 0.717) is 21.5 Å². The Morgan fingerprint density at radius 3 is 2.72 bits per heavy atom. The standard InChI is InChI=1S/C25H15Cl2N3S2/c26-18-10-9-16(21(27)12-18)14-30-15-17(20-5-1-3-7-23(20)30)11-19(13-28)31-25-29-22-6-2-4-8-24(22)32-25/h1-12,15H,14H2. The number of halogens is 2. The predicted octanol–water partition coefficient (Wildman–Crippen LogP) is 8.26. The second-order valence-electron chi connectivity index (χ2n) is 7.14. The molecule has 0 aliphatic carbocycles. The molecule has 2 aromatic heterocycles. The summed E-state index contributed by atoms with van der Waals surface area (Å²) in [6.07, 6.45) is 3.99. The van der Waals surface area contributed by atoms with E-state index in [4.69, 9.17) is 23.2 Å². The number of aromatic nitrogens is 2. The van der Waals surface area contributed by atoms with Gasteiger partial charge < -0.3 is 4.57 Å². The van der Waals surface area contributed by atoms with Gasteiger partial charge in [-0.1, -0.05) is 59.6 Å². The molecule has 2 heterocycles.